The van der Waals surface area contributed by atoms with Gasteiger partial charge in [0, 0.05) is 12.8 Å². The number of hydrogen-bond donors (Lipinski definition) is 1. The fourth-order valence-corrected chi connectivity index (χ4v) is 2.14. The Bertz CT molecular complexity index is 330. The molecule has 0 aromatic carbocycles. The molecule has 0 aliphatic heterocycles. The van der Waals surface area contributed by atoms with Crippen LogP contribution in [0.4, 0.5) is 0 Å². The Hall–Kier alpha value is -1.12. The smallest absolute Gasteiger partial charge is 0.303 e. The largest absolute Gasteiger partial charge is 0.481 e. The highest BCUT2D eigenvalue weighted by atomic mass is 16.4. The van der Waals surface area contributed by atoms with Crippen LogP contribution in [0.1, 0.15) is 98.8 Å². The van der Waals surface area contributed by atoms with E-state index in [1.807, 2.05) is 0 Å². The van der Waals surface area contributed by atoms with Gasteiger partial charge in [-0.3, -0.25) is 4.79 Å². The number of unbranched alkanes of at least 4 members (excludes halogenated alkanes) is 4. The van der Waals surface area contributed by atoms with Crippen LogP contribution >= 0.6 is 0 Å². The second-order valence-electron chi connectivity index (χ2n) is 7.44. The summed E-state index contributed by atoms with van der Waals surface area (Å²) in [4.78, 5) is 20.7. The number of carbonyl (C=O) groups is 2. The second-order valence-corrected chi connectivity index (χ2v) is 7.44. The third-order valence-corrected chi connectivity index (χ3v) is 3.60. The molecule has 0 fully saturated rings. The normalized spacial score (nSPS) is 11.0. The number of hydrogen-bond acceptors (Lipinski definition) is 2. The van der Waals surface area contributed by atoms with Gasteiger partial charge in [-0.25, -0.2) is 0 Å². The summed E-state index contributed by atoms with van der Waals surface area (Å²) in [7, 11) is 0. The number of allylic oxidation sites excluding steroid dienone is 2. The minimum atomic E-state index is -0.702. The Kier molecular flexibility index (Phi) is 19.1. The maximum Gasteiger partial charge on any atom is 0.303 e. The molecular formula is C21H40O3. The quantitative estimate of drug-likeness (QED) is 0.311. The summed E-state index contributed by atoms with van der Waals surface area (Å²) in [6, 6.07) is 0. The van der Waals surface area contributed by atoms with Crippen LogP contribution < -0.4 is 0 Å². The second kappa shape index (κ2) is 18.2. The van der Waals surface area contributed by atoms with E-state index in [0.29, 0.717) is 11.7 Å². The highest BCUT2D eigenvalue weighted by molar-refractivity contribution is 5.75. The zero-order chi connectivity index (χ0) is 18.8. The van der Waals surface area contributed by atoms with E-state index >= 15 is 0 Å². The Balaban J connectivity index is 0. The van der Waals surface area contributed by atoms with Crippen molar-refractivity contribution in [3.05, 3.63) is 12.2 Å². The lowest BCUT2D eigenvalue weighted by atomic mass is 10.0. The zero-order valence-electron chi connectivity index (χ0n) is 16.6. The van der Waals surface area contributed by atoms with Gasteiger partial charge in [0.15, 0.2) is 0 Å². The predicted molar refractivity (Wildman–Crippen MR) is 103 cm³/mol. The first-order valence-corrected chi connectivity index (χ1v) is 9.61. The first kappa shape index (κ1) is 25.1. The lowest BCUT2D eigenvalue weighted by Crippen LogP contribution is -1.92. The van der Waals surface area contributed by atoms with Crippen molar-refractivity contribution in [3.8, 4) is 0 Å². The van der Waals surface area contributed by atoms with E-state index in [1.54, 1.807) is 6.92 Å². The van der Waals surface area contributed by atoms with Gasteiger partial charge in [0.2, 0.25) is 0 Å². The summed E-state index contributed by atoms with van der Waals surface area (Å²) in [5.74, 6) is 1.16. The minimum absolute atomic E-state index is 0.284. The van der Waals surface area contributed by atoms with Crippen molar-refractivity contribution < 1.29 is 14.7 Å². The molecule has 0 radical (unpaired) electrons. The molecule has 0 saturated carbocycles. The van der Waals surface area contributed by atoms with Crippen LogP contribution in [0.25, 0.3) is 0 Å². The lowest BCUT2D eigenvalue weighted by Gasteiger charge is -2.03. The maximum absolute atomic E-state index is 10.6. The topological polar surface area (TPSA) is 54.4 Å². The van der Waals surface area contributed by atoms with Gasteiger partial charge < -0.3 is 9.90 Å². The molecule has 0 amide bonds. The lowest BCUT2D eigenvalue weighted by molar-refractivity contribution is -0.137. The Morgan fingerprint density at radius 1 is 0.833 bits per heavy atom. The number of carboxylic acid groups (broad SMARTS) is 1. The molecule has 1 N–H and O–H groups in total. The molecule has 3 nitrogen and oxygen atoms in total. The number of aliphatic carboxylic acids is 1. The summed E-state index contributed by atoms with van der Waals surface area (Å²) in [6.45, 7) is 10.5. The average molecular weight is 341 g/mol. The standard InChI is InChI=1S/C11H22O.C10H18O2/c1-10(2)8-6-4-5-7-9-11(3)12;1-9(2)7-5-3-4-6-8-10(11)12/h10H,4-9H2,1-3H3;3,5,9H,4,6-8H2,1-2H3,(H,11,12). The first-order valence-electron chi connectivity index (χ1n) is 9.61. The van der Waals surface area contributed by atoms with Crippen molar-refractivity contribution in [2.75, 3.05) is 0 Å². The predicted octanol–water partition coefficient (Wildman–Crippen LogP) is 6.42. The van der Waals surface area contributed by atoms with Crippen LogP contribution in [0, 0.1) is 11.8 Å². The minimum Gasteiger partial charge on any atom is -0.481 e. The first-order chi connectivity index (χ1) is 11.3. The average Bonchev–Trinajstić information content (AvgIpc) is 2.46. The molecule has 0 saturated heterocycles. The van der Waals surface area contributed by atoms with Crippen molar-refractivity contribution in [2.45, 2.75) is 98.8 Å². The fraction of sp³-hybridized carbons (Fsp3) is 0.810. The van der Waals surface area contributed by atoms with Crippen molar-refractivity contribution in [3.63, 3.8) is 0 Å². The monoisotopic (exact) mass is 340 g/mol. The molecule has 0 spiro atoms. The van der Waals surface area contributed by atoms with Crippen LogP contribution in [0.2, 0.25) is 0 Å². The van der Waals surface area contributed by atoms with Crippen LogP contribution in [0.5, 0.6) is 0 Å². The molecule has 0 aromatic rings. The third-order valence-electron chi connectivity index (χ3n) is 3.60. The van der Waals surface area contributed by atoms with Crippen molar-refractivity contribution in [1.29, 1.82) is 0 Å². The van der Waals surface area contributed by atoms with Gasteiger partial charge in [-0.2, -0.15) is 0 Å². The molecule has 0 bridgehead atoms. The highest BCUT2D eigenvalue weighted by Crippen LogP contribution is 2.10. The fourth-order valence-electron chi connectivity index (χ4n) is 2.14. The molecule has 0 atom stereocenters. The Labute approximate surface area is 149 Å². The molecule has 0 rings (SSSR count). The highest BCUT2D eigenvalue weighted by Gasteiger charge is 1.96. The summed E-state index contributed by atoms with van der Waals surface area (Å²) < 4.78 is 0. The van der Waals surface area contributed by atoms with Gasteiger partial charge in [0.1, 0.15) is 5.78 Å². The summed E-state index contributed by atoms with van der Waals surface area (Å²) in [6.07, 6.45) is 14.3. The molecule has 0 heterocycles. The molecule has 0 aliphatic carbocycles. The Morgan fingerprint density at radius 2 is 1.46 bits per heavy atom. The van der Waals surface area contributed by atoms with Crippen molar-refractivity contribution >= 4 is 11.8 Å². The maximum atomic E-state index is 10.6. The van der Waals surface area contributed by atoms with Gasteiger partial charge in [-0.05, 0) is 44.4 Å². The number of carboxylic acids is 1. The van der Waals surface area contributed by atoms with Crippen LogP contribution in [0.15, 0.2) is 12.2 Å². The third kappa shape index (κ3) is 29.0. The molecule has 0 aromatic heterocycles. The van der Waals surface area contributed by atoms with E-state index < -0.39 is 5.97 Å². The van der Waals surface area contributed by atoms with Crippen LogP contribution in [-0.4, -0.2) is 16.9 Å². The SMILES string of the molecule is CC(=O)CCCCCCC(C)C.CC(C)CC=CCCCC(=O)O. The molecule has 142 valence electrons. The Morgan fingerprint density at radius 3 is 1.96 bits per heavy atom. The molecular weight excluding hydrogens is 300 g/mol. The van der Waals surface area contributed by atoms with E-state index in [2.05, 4.69) is 39.8 Å². The van der Waals surface area contributed by atoms with Crippen molar-refractivity contribution in [2.24, 2.45) is 11.8 Å². The van der Waals surface area contributed by atoms with Crippen LogP contribution in [-0.2, 0) is 9.59 Å². The van der Waals surface area contributed by atoms with Crippen molar-refractivity contribution in [1.82, 2.24) is 0 Å². The number of rotatable bonds is 13. The molecule has 24 heavy (non-hydrogen) atoms. The number of carbonyl (C=O) groups excluding carboxylic acids is 1. The van der Waals surface area contributed by atoms with E-state index in [0.717, 1.165) is 38.0 Å². The summed E-state index contributed by atoms with van der Waals surface area (Å²) in [5, 5.41) is 8.33. The molecule has 3 heteroatoms. The molecule has 0 aliphatic rings. The van der Waals surface area contributed by atoms with Gasteiger partial charge in [0.25, 0.3) is 0 Å². The van der Waals surface area contributed by atoms with Gasteiger partial charge >= 0.3 is 5.97 Å². The van der Waals surface area contributed by atoms with E-state index in [9.17, 15) is 9.59 Å². The van der Waals surface area contributed by atoms with Gasteiger partial charge in [-0.1, -0.05) is 65.5 Å². The zero-order valence-corrected chi connectivity index (χ0v) is 16.6. The van der Waals surface area contributed by atoms with E-state index in [4.69, 9.17) is 5.11 Å². The number of Topliss-reactive ketones (excluding diaryl/α,β-unsaturated/α-hetero) is 1. The molecule has 0 unspecified atom stereocenters. The number of ketones is 1. The van der Waals surface area contributed by atoms with Gasteiger partial charge in [0.05, 0.1) is 0 Å². The van der Waals surface area contributed by atoms with Gasteiger partial charge in [-0.15, -0.1) is 0 Å². The summed E-state index contributed by atoms with van der Waals surface area (Å²) >= 11 is 0. The van der Waals surface area contributed by atoms with Crippen LogP contribution in [0.3, 0.4) is 0 Å². The summed E-state index contributed by atoms with van der Waals surface area (Å²) in [5.41, 5.74) is 0. The van der Waals surface area contributed by atoms with E-state index in [-0.39, 0.29) is 6.42 Å². The van der Waals surface area contributed by atoms with E-state index in [1.165, 1.54) is 25.7 Å².